The molecule has 1 saturated heterocycles. The SMILES string of the molecule is Cc1cc(OCC(=O)N2CCN(C(=O)c3ccncc3)CC2)cc(C)c1Cl. The fraction of sp³-hybridized carbons (Fsp3) is 0.350. The number of aryl methyl sites for hydroxylation is 2. The van der Waals surface area contributed by atoms with Crippen molar-refractivity contribution in [3.05, 3.63) is 58.4 Å². The summed E-state index contributed by atoms with van der Waals surface area (Å²) in [5.74, 6) is 0.512. The Hall–Kier alpha value is -2.60. The number of ether oxygens (including phenoxy) is 1. The van der Waals surface area contributed by atoms with Gasteiger partial charge in [-0.3, -0.25) is 14.6 Å². The number of pyridine rings is 1. The molecule has 1 aromatic carbocycles. The zero-order valence-electron chi connectivity index (χ0n) is 15.4. The van der Waals surface area contributed by atoms with E-state index in [9.17, 15) is 9.59 Å². The molecular formula is C20H22ClN3O3. The zero-order chi connectivity index (χ0) is 19.4. The molecule has 2 heterocycles. The average molecular weight is 388 g/mol. The summed E-state index contributed by atoms with van der Waals surface area (Å²) in [6.45, 7) is 5.79. The topological polar surface area (TPSA) is 62.7 Å². The van der Waals surface area contributed by atoms with Gasteiger partial charge in [-0.25, -0.2) is 0 Å². The summed E-state index contributed by atoms with van der Waals surface area (Å²) in [7, 11) is 0. The van der Waals surface area contributed by atoms with Gasteiger partial charge in [-0.2, -0.15) is 0 Å². The van der Waals surface area contributed by atoms with E-state index in [2.05, 4.69) is 4.98 Å². The van der Waals surface area contributed by atoms with Gasteiger partial charge >= 0.3 is 0 Å². The van der Waals surface area contributed by atoms with Crippen LogP contribution in [0.4, 0.5) is 0 Å². The third-order valence-corrected chi connectivity index (χ3v) is 5.22. The average Bonchev–Trinajstić information content (AvgIpc) is 2.70. The molecule has 2 amide bonds. The summed E-state index contributed by atoms with van der Waals surface area (Å²) in [5.41, 5.74) is 2.45. The second kappa shape index (κ2) is 8.39. The maximum absolute atomic E-state index is 12.4. The smallest absolute Gasteiger partial charge is 0.260 e. The summed E-state index contributed by atoms with van der Waals surface area (Å²) in [6.07, 6.45) is 3.20. The van der Waals surface area contributed by atoms with E-state index in [-0.39, 0.29) is 18.4 Å². The number of amides is 2. The summed E-state index contributed by atoms with van der Waals surface area (Å²) in [4.78, 5) is 32.3. The first-order valence-corrected chi connectivity index (χ1v) is 9.20. The number of benzene rings is 1. The number of piperazine rings is 1. The first-order chi connectivity index (χ1) is 13.0. The van der Waals surface area contributed by atoms with Gasteiger partial charge in [-0.15, -0.1) is 0 Å². The Morgan fingerprint density at radius 2 is 1.59 bits per heavy atom. The van der Waals surface area contributed by atoms with E-state index in [1.165, 1.54) is 0 Å². The lowest BCUT2D eigenvalue weighted by Crippen LogP contribution is -2.51. The van der Waals surface area contributed by atoms with E-state index < -0.39 is 0 Å². The molecule has 0 aliphatic carbocycles. The zero-order valence-corrected chi connectivity index (χ0v) is 16.2. The van der Waals surface area contributed by atoms with E-state index in [0.29, 0.717) is 42.5 Å². The van der Waals surface area contributed by atoms with Crippen LogP contribution in [0.2, 0.25) is 5.02 Å². The van der Waals surface area contributed by atoms with Crippen LogP contribution in [0.1, 0.15) is 21.5 Å². The summed E-state index contributed by atoms with van der Waals surface area (Å²) < 4.78 is 5.64. The molecule has 2 aromatic rings. The van der Waals surface area contributed by atoms with Crippen molar-refractivity contribution in [2.45, 2.75) is 13.8 Å². The third kappa shape index (κ3) is 4.57. The van der Waals surface area contributed by atoms with Crippen LogP contribution in [0.25, 0.3) is 0 Å². The van der Waals surface area contributed by atoms with Crippen LogP contribution >= 0.6 is 11.6 Å². The second-order valence-electron chi connectivity index (χ2n) is 6.57. The molecule has 1 aromatic heterocycles. The van der Waals surface area contributed by atoms with Crippen LogP contribution in [0.15, 0.2) is 36.7 Å². The van der Waals surface area contributed by atoms with Crippen LogP contribution < -0.4 is 4.74 Å². The molecule has 27 heavy (non-hydrogen) atoms. The fourth-order valence-corrected chi connectivity index (χ4v) is 3.17. The van der Waals surface area contributed by atoms with Crippen LogP contribution in [0.3, 0.4) is 0 Å². The first kappa shape index (κ1) is 19.2. The Balaban J connectivity index is 1.51. The Kier molecular flexibility index (Phi) is 5.96. The first-order valence-electron chi connectivity index (χ1n) is 8.82. The molecule has 0 spiro atoms. The van der Waals surface area contributed by atoms with E-state index >= 15 is 0 Å². The van der Waals surface area contributed by atoms with Crippen molar-refractivity contribution in [3.8, 4) is 5.75 Å². The van der Waals surface area contributed by atoms with Crippen LogP contribution in [0, 0.1) is 13.8 Å². The van der Waals surface area contributed by atoms with Gasteiger partial charge < -0.3 is 14.5 Å². The summed E-state index contributed by atoms with van der Waals surface area (Å²) in [6, 6.07) is 7.05. The van der Waals surface area contributed by atoms with E-state index in [1.54, 1.807) is 34.3 Å². The largest absolute Gasteiger partial charge is 0.484 e. The molecule has 3 rings (SSSR count). The number of aromatic nitrogens is 1. The number of hydrogen-bond acceptors (Lipinski definition) is 4. The minimum atomic E-state index is -0.0868. The predicted octanol–water partition coefficient (Wildman–Crippen LogP) is 2.72. The summed E-state index contributed by atoms with van der Waals surface area (Å²) in [5, 5.41) is 0.712. The highest BCUT2D eigenvalue weighted by atomic mass is 35.5. The Morgan fingerprint density at radius 1 is 1.04 bits per heavy atom. The molecule has 142 valence electrons. The Labute approximate surface area is 163 Å². The van der Waals surface area contributed by atoms with Gasteiger partial charge in [0.15, 0.2) is 6.61 Å². The molecule has 0 radical (unpaired) electrons. The predicted molar refractivity (Wildman–Crippen MR) is 103 cm³/mol. The highest BCUT2D eigenvalue weighted by Crippen LogP contribution is 2.25. The van der Waals surface area contributed by atoms with Crippen molar-refractivity contribution in [3.63, 3.8) is 0 Å². The van der Waals surface area contributed by atoms with Crippen molar-refractivity contribution >= 4 is 23.4 Å². The van der Waals surface area contributed by atoms with Crippen LogP contribution in [0.5, 0.6) is 5.75 Å². The number of carbonyl (C=O) groups excluding carboxylic acids is 2. The van der Waals surface area contributed by atoms with Crippen molar-refractivity contribution in [1.82, 2.24) is 14.8 Å². The van der Waals surface area contributed by atoms with E-state index in [4.69, 9.17) is 16.3 Å². The Bertz CT molecular complexity index is 811. The lowest BCUT2D eigenvalue weighted by molar-refractivity contribution is -0.134. The molecule has 1 fully saturated rings. The van der Waals surface area contributed by atoms with Gasteiger partial charge in [0.2, 0.25) is 0 Å². The van der Waals surface area contributed by atoms with E-state index in [1.807, 2.05) is 26.0 Å². The van der Waals surface area contributed by atoms with Gasteiger partial charge in [0.1, 0.15) is 5.75 Å². The van der Waals surface area contributed by atoms with Gasteiger partial charge in [-0.05, 0) is 49.2 Å². The van der Waals surface area contributed by atoms with Crippen LogP contribution in [-0.2, 0) is 4.79 Å². The molecule has 0 bridgehead atoms. The number of halogens is 1. The minimum absolute atomic E-state index is 0.0290. The number of nitrogens with zero attached hydrogens (tertiary/aromatic N) is 3. The molecule has 0 saturated carbocycles. The quantitative estimate of drug-likeness (QED) is 0.809. The maximum Gasteiger partial charge on any atom is 0.260 e. The van der Waals surface area contributed by atoms with Crippen molar-refractivity contribution < 1.29 is 14.3 Å². The maximum atomic E-state index is 12.4. The molecule has 1 aliphatic heterocycles. The number of carbonyl (C=O) groups is 2. The molecular weight excluding hydrogens is 366 g/mol. The fourth-order valence-electron chi connectivity index (χ4n) is 3.06. The minimum Gasteiger partial charge on any atom is -0.484 e. The van der Waals surface area contributed by atoms with Gasteiger partial charge in [0.05, 0.1) is 0 Å². The molecule has 0 unspecified atom stereocenters. The van der Waals surface area contributed by atoms with E-state index in [0.717, 1.165) is 11.1 Å². The van der Waals surface area contributed by atoms with Gasteiger partial charge in [-0.1, -0.05) is 11.6 Å². The highest BCUT2D eigenvalue weighted by molar-refractivity contribution is 6.32. The lowest BCUT2D eigenvalue weighted by Gasteiger charge is -2.34. The Morgan fingerprint density at radius 3 is 2.19 bits per heavy atom. The normalized spacial score (nSPS) is 14.2. The monoisotopic (exact) mass is 387 g/mol. The van der Waals surface area contributed by atoms with Crippen molar-refractivity contribution in [2.75, 3.05) is 32.8 Å². The molecule has 0 N–H and O–H groups in total. The molecule has 7 heteroatoms. The second-order valence-corrected chi connectivity index (χ2v) is 6.95. The van der Waals surface area contributed by atoms with Gasteiger partial charge in [0, 0.05) is 49.2 Å². The molecule has 0 atom stereocenters. The summed E-state index contributed by atoms with van der Waals surface area (Å²) >= 11 is 6.15. The lowest BCUT2D eigenvalue weighted by atomic mass is 10.1. The standard InChI is InChI=1S/C20H22ClN3O3/c1-14-11-17(12-15(2)19(14)21)27-13-18(25)23-7-9-24(10-8-23)20(26)16-3-5-22-6-4-16/h3-6,11-12H,7-10,13H2,1-2H3. The molecule has 1 aliphatic rings. The van der Waals surface area contributed by atoms with Crippen molar-refractivity contribution in [1.29, 1.82) is 0 Å². The number of hydrogen-bond donors (Lipinski definition) is 0. The van der Waals surface area contributed by atoms with Gasteiger partial charge in [0.25, 0.3) is 11.8 Å². The van der Waals surface area contributed by atoms with Crippen molar-refractivity contribution in [2.24, 2.45) is 0 Å². The van der Waals surface area contributed by atoms with Crippen LogP contribution in [-0.4, -0.2) is 59.4 Å². The highest BCUT2D eigenvalue weighted by Gasteiger charge is 2.25. The third-order valence-electron chi connectivity index (χ3n) is 4.62. The number of rotatable bonds is 4. The molecule has 6 nitrogen and oxygen atoms in total.